The summed E-state index contributed by atoms with van der Waals surface area (Å²) >= 11 is 0. The Morgan fingerprint density at radius 2 is 1.64 bits per heavy atom. The Hall–Kier alpha value is -4.59. The summed E-state index contributed by atoms with van der Waals surface area (Å²) in [5.74, 6) is -0.0976. The summed E-state index contributed by atoms with van der Waals surface area (Å²) in [5, 5.41) is 0. The molecule has 4 aromatic rings. The summed E-state index contributed by atoms with van der Waals surface area (Å²) in [7, 11) is 0. The molecule has 0 radical (unpaired) electrons. The predicted octanol–water partition coefficient (Wildman–Crippen LogP) is 3.01. The second kappa shape index (κ2) is 9.69. The molecule has 8 heteroatoms. The zero-order valence-corrected chi connectivity index (χ0v) is 17.7. The molecular formula is C25H22N4O4. The lowest BCUT2D eigenvalue weighted by molar-refractivity contribution is -0.114. The van der Waals surface area contributed by atoms with Gasteiger partial charge in [-0.1, -0.05) is 60.7 Å². The summed E-state index contributed by atoms with van der Waals surface area (Å²) in [5.41, 5.74) is 6.45. The Morgan fingerprint density at radius 3 is 2.27 bits per heavy atom. The largest absolute Gasteiger partial charge is 0.465 e. The number of nitrogens with one attached hydrogen (secondary N) is 1. The van der Waals surface area contributed by atoms with Crippen LogP contribution in [-0.2, 0) is 17.9 Å². The maximum absolute atomic E-state index is 13.2. The molecule has 0 aliphatic carbocycles. The highest BCUT2D eigenvalue weighted by Gasteiger charge is 2.23. The molecule has 0 saturated heterocycles. The fraction of sp³-hybridized carbons (Fsp3) is 0.0800. The van der Waals surface area contributed by atoms with Crippen LogP contribution < -0.4 is 21.9 Å². The van der Waals surface area contributed by atoms with Crippen molar-refractivity contribution in [3.05, 3.63) is 123 Å². The standard InChI is InChI=1S/C25H22N4O4/c26-23-22(24(31)27-25(32)29(23)17-19-10-5-2-6-11-19)28(16-18-8-3-1-4-9-18)21(30)14-13-20-12-7-15-33-20/h1-15H,16-17,26H2,(H,27,31,32). The van der Waals surface area contributed by atoms with Gasteiger partial charge in [-0.15, -0.1) is 0 Å². The molecule has 4 rings (SSSR count). The lowest BCUT2D eigenvalue weighted by Gasteiger charge is -2.23. The third-order valence-corrected chi connectivity index (χ3v) is 5.05. The van der Waals surface area contributed by atoms with E-state index in [-0.39, 0.29) is 24.6 Å². The first kappa shape index (κ1) is 21.6. The van der Waals surface area contributed by atoms with E-state index in [1.165, 1.54) is 27.9 Å². The highest BCUT2D eigenvalue weighted by molar-refractivity contribution is 6.04. The number of benzene rings is 2. The third kappa shape index (κ3) is 5.01. The van der Waals surface area contributed by atoms with Crippen molar-refractivity contribution in [3.63, 3.8) is 0 Å². The number of aromatic amines is 1. The van der Waals surface area contributed by atoms with Crippen LogP contribution in [0.2, 0.25) is 0 Å². The van der Waals surface area contributed by atoms with Gasteiger partial charge in [0.25, 0.3) is 11.5 Å². The Kier molecular flexibility index (Phi) is 6.36. The molecule has 0 atom stereocenters. The number of hydrogen-bond acceptors (Lipinski definition) is 5. The Balaban J connectivity index is 1.78. The Bertz CT molecular complexity index is 1370. The van der Waals surface area contributed by atoms with Gasteiger partial charge in [-0.05, 0) is 29.3 Å². The SMILES string of the molecule is Nc1c(N(Cc2ccccc2)C(=O)C=Cc2ccco2)c(=O)[nH]c(=O)n1Cc1ccccc1. The molecule has 0 fully saturated rings. The quantitative estimate of drug-likeness (QED) is 0.427. The number of carbonyl (C=O) groups excluding carboxylic acids is 1. The van der Waals surface area contributed by atoms with E-state index in [4.69, 9.17) is 10.2 Å². The molecule has 1 amide bonds. The van der Waals surface area contributed by atoms with Crippen molar-refractivity contribution in [2.24, 2.45) is 0 Å². The maximum Gasteiger partial charge on any atom is 0.330 e. The molecular weight excluding hydrogens is 420 g/mol. The molecule has 2 aromatic carbocycles. The first-order valence-corrected chi connectivity index (χ1v) is 10.3. The monoisotopic (exact) mass is 442 g/mol. The molecule has 0 spiro atoms. The van der Waals surface area contributed by atoms with Crippen molar-refractivity contribution >= 4 is 23.5 Å². The van der Waals surface area contributed by atoms with Crippen LogP contribution >= 0.6 is 0 Å². The van der Waals surface area contributed by atoms with Crippen molar-refractivity contribution in [1.29, 1.82) is 0 Å². The van der Waals surface area contributed by atoms with Gasteiger partial charge in [0, 0.05) is 6.08 Å². The highest BCUT2D eigenvalue weighted by Crippen LogP contribution is 2.21. The second-order valence-electron chi connectivity index (χ2n) is 7.32. The van der Waals surface area contributed by atoms with Gasteiger partial charge in [-0.2, -0.15) is 0 Å². The first-order valence-electron chi connectivity index (χ1n) is 10.3. The number of hydrogen-bond donors (Lipinski definition) is 2. The Morgan fingerprint density at radius 1 is 0.970 bits per heavy atom. The molecule has 2 heterocycles. The second-order valence-corrected chi connectivity index (χ2v) is 7.32. The molecule has 0 saturated carbocycles. The van der Waals surface area contributed by atoms with Crippen molar-refractivity contribution in [2.75, 3.05) is 10.6 Å². The van der Waals surface area contributed by atoms with Crippen LogP contribution in [0.1, 0.15) is 16.9 Å². The highest BCUT2D eigenvalue weighted by atomic mass is 16.3. The number of aromatic nitrogens is 2. The topological polar surface area (TPSA) is 114 Å². The average molecular weight is 442 g/mol. The normalized spacial score (nSPS) is 11.0. The molecule has 0 aliphatic rings. The zero-order chi connectivity index (χ0) is 23.2. The number of nitrogens with two attached hydrogens (primary N) is 1. The van der Waals surface area contributed by atoms with Crippen LogP contribution in [-0.4, -0.2) is 15.5 Å². The zero-order valence-electron chi connectivity index (χ0n) is 17.7. The fourth-order valence-electron chi connectivity index (χ4n) is 3.42. The van der Waals surface area contributed by atoms with Crippen molar-refractivity contribution in [1.82, 2.24) is 9.55 Å². The summed E-state index contributed by atoms with van der Waals surface area (Å²) < 4.78 is 6.48. The number of H-pyrrole nitrogens is 1. The van der Waals surface area contributed by atoms with Gasteiger partial charge in [0.15, 0.2) is 5.69 Å². The minimum atomic E-state index is -0.738. The van der Waals surface area contributed by atoms with Crippen molar-refractivity contribution < 1.29 is 9.21 Å². The van der Waals surface area contributed by atoms with Crippen LogP contribution in [0.25, 0.3) is 6.08 Å². The summed E-state index contributed by atoms with van der Waals surface area (Å²) in [6, 6.07) is 21.8. The minimum Gasteiger partial charge on any atom is -0.465 e. The number of amides is 1. The number of nitrogens with zero attached hydrogens (tertiary/aromatic N) is 2. The van der Waals surface area contributed by atoms with Gasteiger partial charge in [0.05, 0.1) is 19.4 Å². The lowest BCUT2D eigenvalue weighted by atomic mass is 10.2. The lowest BCUT2D eigenvalue weighted by Crippen LogP contribution is -2.40. The number of rotatable bonds is 7. The van der Waals surface area contributed by atoms with Gasteiger partial charge in [-0.25, -0.2) is 4.79 Å². The fourth-order valence-corrected chi connectivity index (χ4v) is 3.42. The van der Waals surface area contributed by atoms with Crippen LogP contribution in [0.15, 0.2) is 99.1 Å². The first-order chi connectivity index (χ1) is 16.0. The number of anilines is 2. The van der Waals surface area contributed by atoms with E-state index in [1.54, 1.807) is 12.1 Å². The predicted molar refractivity (Wildman–Crippen MR) is 127 cm³/mol. The van der Waals surface area contributed by atoms with Crippen LogP contribution in [0.4, 0.5) is 11.5 Å². The van der Waals surface area contributed by atoms with Gasteiger partial charge in [-0.3, -0.25) is 24.0 Å². The number of furan rings is 1. The molecule has 3 N–H and O–H groups in total. The van der Waals surface area contributed by atoms with E-state index >= 15 is 0 Å². The number of nitrogen functional groups attached to an aromatic ring is 1. The van der Waals surface area contributed by atoms with E-state index in [2.05, 4.69) is 4.98 Å². The van der Waals surface area contributed by atoms with E-state index < -0.39 is 17.2 Å². The average Bonchev–Trinajstić information content (AvgIpc) is 3.34. The molecule has 33 heavy (non-hydrogen) atoms. The number of carbonyl (C=O) groups is 1. The minimum absolute atomic E-state index is 0.0823. The van der Waals surface area contributed by atoms with Crippen molar-refractivity contribution in [3.8, 4) is 0 Å². The van der Waals surface area contributed by atoms with E-state index in [0.717, 1.165) is 11.1 Å². The van der Waals surface area contributed by atoms with E-state index in [9.17, 15) is 14.4 Å². The molecule has 166 valence electrons. The van der Waals surface area contributed by atoms with Crippen LogP contribution in [0.3, 0.4) is 0 Å². The van der Waals surface area contributed by atoms with Crippen molar-refractivity contribution in [2.45, 2.75) is 13.1 Å². The molecule has 0 aliphatic heterocycles. The summed E-state index contributed by atoms with van der Waals surface area (Å²) in [6.07, 6.45) is 4.30. The molecule has 0 bridgehead atoms. The molecule has 8 nitrogen and oxygen atoms in total. The van der Waals surface area contributed by atoms with Gasteiger partial charge >= 0.3 is 5.69 Å². The third-order valence-electron chi connectivity index (χ3n) is 5.05. The molecule has 2 aromatic heterocycles. The molecule has 0 unspecified atom stereocenters. The van der Waals surface area contributed by atoms with Crippen LogP contribution in [0.5, 0.6) is 0 Å². The van der Waals surface area contributed by atoms with Gasteiger partial charge < -0.3 is 10.2 Å². The Labute approximate surface area is 189 Å². The van der Waals surface area contributed by atoms with Gasteiger partial charge in [0.2, 0.25) is 0 Å². The smallest absolute Gasteiger partial charge is 0.330 e. The van der Waals surface area contributed by atoms with E-state index in [0.29, 0.717) is 5.76 Å². The van der Waals surface area contributed by atoms with Crippen LogP contribution in [0, 0.1) is 0 Å². The maximum atomic E-state index is 13.2. The van der Waals surface area contributed by atoms with E-state index in [1.807, 2.05) is 60.7 Å². The summed E-state index contributed by atoms with van der Waals surface area (Å²) in [4.78, 5) is 42.1. The summed E-state index contributed by atoms with van der Waals surface area (Å²) in [6.45, 7) is 0.226. The van der Waals surface area contributed by atoms with Gasteiger partial charge in [0.1, 0.15) is 11.6 Å².